The molecule has 0 fully saturated rings. The third-order valence-electron chi connectivity index (χ3n) is 9.83. The summed E-state index contributed by atoms with van der Waals surface area (Å²) in [4.78, 5) is 0. The van der Waals surface area contributed by atoms with Crippen LogP contribution in [0.4, 0.5) is 0 Å². The molecule has 0 saturated carbocycles. The smallest absolute Gasteiger partial charge is 0.172 e. The van der Waals surface area contributed by atoms with Gasteiger partial charge in [0.1, 0.15) is 0 Å². The molecule has 0 spiro atoms. The van der Waals surface area contributed by atoms with Crippen LogP contribution in [0, 0.1) is 13.8 Å². The molecular weight excluding hydrogens is 751 g/mol. The van der Waals surface area contributed by atoms with Gasteiger partial charge in [0.05, 0.1) is 0 Å². The summed E-state index contributed by atoms with van der Waals surface area (Å²) in [6, 6.07) is 51.6. The molecule has 0 amide bonds. The van der Waals surface area contributed by atoms with Crippen LogP contribution < -0.4 is 0 Å². The van der Waals surface area contributed by atoms with Gasteiger partial charge in [0, 0.05) is 0 Å². The first-order chi connectivity index (χ1) is 24.7. The van der Waals surface area contributed by atoms with E-state index in [1.165, 1.54) is 65.3 Å². The number of benzene rings is 6. The SMILES string of the molecule is Cc1cc2[cH-]c3cc(C)c(C(C)(C)C)cc3c2cc1C(C)(C)C.[Cl][Zr]([Cl])=[C](c1ccc2ccccc2c1)c1ccc2ccccc2c1.c1cc[cH-]c1. The third kappa shape index (κ3) is 8.61. The van der Waals surface area contributed by atoms with Crippen molar-refractivity contribution in [3.63, 3.8) is 0 Å². The van der Waals surface area contributed by atoms with Crippen LogP contribution in [0.1, 0.15) is 74.9 Å². The monoisotopic (exact) mass is 796 g/mol. The van der Waals surface area contributed by atoms with Crippen molar-refractivity contribution in [2.75, 3.05) is 0 Å². The minimum absolute atomic E-state index is 0.180. The van der Waals surface area contributed by atoms with Crippen molar-refractivity contribution in [1.29, 1.82) is 0 Å². The van der Waals surface area contributed by atoms with Crippen molar-refractivity contribution in [1.82, 2.24) is 0 Å². The molecular formula is C49H48Cl2Zr-2. The van der Waals surface area contributed by atoms with Crippen LogP contribution >= 0.6 is 17.0 Å². The molecule has 8 rings (SSSR count). The number of rotatable bonds is 2. The van der Waals surface area contributed by atoms with E-state index in [4.69, 9.17) is 17.0 Å². The Labute approximate surface area is 325 Å². The molecule has 0 heterocycles. The molecule has 52 heavy (non-hydrogen) atoms. The minimum Gasteiger partial charge on any atom is -0.214 e. The zero-order valence-electron chi connectivity index (χ0n) is 31.6. The van der Waals surface area contributed by atoms with Crippen molar-refractivity contribution >= 4 is 63.3 Å². The van der Waals surface area contributed by atoms with Crippen molar-refractivity contribution in [3.05, 3.63) is 179 Å². The quantitative estimate of drug-likeness (QED) is 0.153. The predicted octanol–water partition coefficient (Wildman–Crippen LogP) is 14.8. The maximum absolute atomic E-state index is 6.54. The van der Waals surface area contributed by atoms with Crippen molar-refractivity contribution < 1.29 is 18.9 Å². The first-order valence-corrected chi connectivity index (χ1v) is 25.6. The summed E-state index contributed by atoms with van der Waals surface area (Å²) in [6.07, 6.45) is 0. The molecule has 3 heteroatoms. The van der Waals surface area contributed by atoms with E-state index in [1.807, 2.05) is 30.3 Å². The molecule has 0 bridgehead atoms. The summed E-state index contributed by atoms with van der Waals surface area (Å²) in [5.74, 6) is 0. The van der Waals surface area contributed by atoms with E-state index in [0.29, 0.717) is 0 Å². The van der Waals surface area contributed by atoms with Gasteiger partial charge in [-0.3, -0.25) is 0 Å². The molecule has 0 aliphatic carbocycles. The van der Waals surface area contributed by atoms with Crippen LogP contribution in [0.2, 0.25) is 0 Å². The van der Waals surface area contributed by atoms with Gasteiger partial charge >= 0.3 is 157 Å². The number of hydrogen-bond acceptors (Lipinski definition) is 0. The topological polar surface area (TPSA) is 0 Å². The average Bonchev–Trinajstić information content (AvgIpc) is 3.78. The Bertz CT molecular complexity index is 2340. The fourth-order valence-corrected chi connectivity index (χ4v) is 11.8. The summed E-state index contributed by atoms with van der Waals surface area (Å²) in [6.45, 7) is 18.3. The molecule has 0 atom stereocenters. The van der Waals surface area contributed by atoms with Crippen molar-refractivity contribution in [2.45, 2.75) is 66.2 Å². The van der Waals surface area contributed by atoms with Crippen LogP contribution in [0.15, 0.2) is 146 Å². The Morgan fingerprint density at radius 2 is 0.904 bits per heavy atom. The largest absolute Gasteiger partial charge is 0.214 e. The Balaban J connectivity index is 0.000000157. The molecule has 0 radical (unpaired) electrons. The van der Waals surface area contributed by atoms with Gasteiger partial charge in [-0.2, -0.15) is 18.2 Å². The maximum atomic E-state index is 6.54. The van der Waals surface area contributed by atoms with E-state index in [9.17, 15) is 0 Å². The number of hydrogen-bond donors (Lipinski definition) is 0. The number of aryl methyl sites for hydroxylation is 2. The summed E-state index contributed by atoms with van der Waals surface area (Å²) in [5.41, 5.74) is 8.34. The van der Waals surface area contributed by atoms with E-state index in [2.05, 4.69) is 171 Å². The number of halogens is 2. The van der Waals surface area contributed by atoms with Gasteiger partial charge in [0.25, 0.3) is 0 Å². The summed E-state index contributed by atoms with van der Waals surface area (Å²) in [7, 11) is 13.1. The average molecular weight is 799 g/mol. The van der Waals surface area contributed by atoms with Gasteiger partial charge < -0.3 is 0 Å². The van der Waals surface area contributed by atoms with Gasteiger partial charge in [0.15, 0.2) is 0 Å². The first kappa shape index (κ1) is 38.1. The van der Waals surface area contributed by atoms with Crippen molar-refractivity contribution in [2.24, 2.45) is 0 Å². The summed E-state index contributed by atoms with van der Waals surface area (Å²) >= 11 is -2.64. The number of fused-ring (bicyclic) bond motifs is 5. The van der Waals surface area contributed by atoms with Crippen LogP contribution in [0.3, 0.4) is 0 Å². The molecule has 0 N–H and O–H groups in total. The van der Waals surface area contributed by atoms with Crippen LogP contribution in [0.25, 0.3) is 43.1 Å². The molecule has 0 nitrogen and oxygen atoms in total. The van der Waals surface area contributed by atoms with Crippen LogP contribution in [-0.2, 0) is 29.7 Å². The van der Waals surface area contributed by atoms with E-state index in [-0.39, 0.29) is 10.8 Å². The van der Waals surface area contributed by atoms with Crippen LogP contribution in [0.5, 0.6) is 0 Å². The normalized spacial score (nSPS) is 11.7. The molecule has 0 aromatic heterocycles. The standard InChI is InChI=1S/C23H29.C21H14.C5H5.2ClH.Zr/c1-14-9-16-11-17-10-15(2)21(23(6,7)8)13-19(17)18(16)12-20(14)22(3,4)5;1-3-7-20-14-16(9-11-18(20)5-1)13-17-10-12-19-6-2-4-8-21(19)15-17;1-2-4-5-3-1;;;/h9-13H,1-8H3;1-12,14-15H;1-5H;2*1H;/q-1;;-1;;;+2/p-2. The Hall–Kier alpha value is -3.61. The molecule has 8 aromatic rings. The zero-order chi connectivity index (χ0) is 37.2. The Morgan fingerprint density at radius 3 is 1.25 bits per heavy atom. The zero-order valence-corrected chi connectivity index (χ0v) is 35.6. The molecule has 0 unspecified atom stereocenters. The van der Waals surface area contributed by atoms with Gasteiger partial charge in [-0.1, -0.05) is 75.9 Å². The van der Waals surface area contributed by atoms with Gasteiger partial charge in [-0.25, -0.2) is 12.1 Å². The summed E-state index contributed by atoms with van der Waals surface area (Å²) < 4.78 is 1.14. The maximum Gasteiger partial charge on any atom is -0.172 e. The molecule has 0 saturated heterocycles. The Kier molecular flexibility index (Phi) is 11.6. The predicted molar refractivity (Wildman–Crippen MR) is 229 cm³/mol. The van der Waals surface area contributed by atoms with E-state index >= 15 is 0 Å². The van der Waals surface area contributed by atoms with Gasteiger partial charge in [0.2, 0.25) is 0 Å². The van der Waals surface area contributed by atoms with Gasteiger partial charge in [-0.15, -0.1) is 39.7 Å². The second kappa shape index (κ2) is 15.8. The fourth-order valence-electron chi connectivity index (χ4n) is 7.34. The minimum atomic E-state index is -2.64. The summed E-state index contributed by atoms with van der Waals surface area (Å²) in [5, 5.41) is 10.4. The van der Waals surface area contributed by atoms with E-state index < -0.39 is 18.9 Å². The van der Waals surface area contributed by atoms with E-state index in [0.717, 1.165) is 14.3 Å². The fraction of sp³-hybridized carbons (Fsp3) is 0.204. The van der Waals surface area contributed by atoms with Crippen LogP contribution in [-0.4, -0.2) is 3.21 Å². The first-order valence-electron chi connectivity index (χ1n) is 18.1. The molecule has 0 aliphatic rings. The second-order valence-corrected chi connectivity index (χ2v) is 24.0. The van der Waals surface area contributed by atoms with E-state index in [1.54, 1.807) is 0 Å². The molecule has 8 aromatic carbocycles. The Morgan fingerprint density at radius 1 is 0.500 bits per heavy atom. The third-order valence-corrected chi connectivity index (χ3v) is 14.4. The van der Waals surface area contributed by atoms with Crippen molar-refractivity contribution in [3.8, 4) is 0 Å². The second-order valence-electron chi connectivity index (χ2n) is 15.9. The van der Waals surface area contributed by atoms with Gasteiger partial charge in [-0.05, 0) is 24.7 Å². The molecule has 0 aliphatic heterocycles. The molecule has 264 valence electrons.